The quantitative estimate of drug-likeness (QED) is 0.747. The van der Waals surface area contributed by atoms with Crippen molar-refractivity contribution in [2.75, 3.05) is 40.9 Å². The van der Waals surface area contributed by atoms with Gasteiger partial charge in [0.05, 0.1) is 12.7 Å². The molecule has 1 aliphatic rings. The van der Waals surface area contributed by atoms with Crippen LogP contribution >= 0.6 is 0 Å². The van der Waals surface area contributed by atoms with E-state index >= 15 is 0 Å². The first-order chi connectivity index (χ1) is 10.1. The standard InChI is InChI=1S/C16H22N2O3/c1-5-8-21-15-9-13(20-4)6-7-14(15)16(19)18-10-12(11-18)17(2)3/h5-7,9,12H,1,8,10-11H2,2-4H3. The number of hydrogen-bond acceptors (Lipinski definition) is 4. The Kier molecular flexibility index (Phi) is 4.85. The zero-order valence-electron chi connectivity index (χ0n) is 12.8. The van der Waals surface area contributed by atoms with Gasteiger partial charge in [-0.05, 0) is 26.2 Å². The maximum Gasteiger partial charge on any atom is 0.257 e. The summed E-state index contributed by atoms with van der Waals surface area (Å²) in [5.41, 5.74) is 0.565. The van der Waals surface area contributed by atoms with Crippen LogP contribution in [0.25, 0.3) is 0 Å². The van der Waals surface area contributed by atoms with E-state index in [2.05, 4.69) is 11.5 Å². The van der Waals surface area contributed by atoms with Gasteiger partial charge in [-0.3, -0.25) is 4.79 Å². The monoisotopic (exact) mass is 290 g/mol. The predicted molar refractivity (Wildman–Crippen MR) is 82.1 cm³/mol. The van der Waals surface area contributed by atoms with Gasteiger partial charge >= 0.3 is 0 Å². The number of hydrogen-bond donors (Lipinski definition) is 0. The molecule has 5 nitrogen and oxygen atoms in total. The summed E-state index contributed by atoms with van der Waals surface area (Å²) in [6.45, 7) is 5.48. The summed E-state index contributed by atoms with van der Waals surface area (Å²) in [6.07, 6.45) is 1.65. The molecule has 0 aliphatic carbocycles. The van der Waals surface area contributed by atoms with Crippen LogP contribution in [-0.4, -0.2) is 62.7 Å². The molecule has 1 heterocycles. The number of amides is 1. The van der Waals surface area contributed by atoms with Crippen LogP contribution in [0.5, 0.6) is 11.5 Å². The molecule has 1 saturated heterocycles. The van der Waals surface area contributed by atoms with Gasteiger partial charge in [0, 0.05) is 25.2 Å². The molecule has 0 unspecified atom stereocenters. The molecule has 0 radical (unpaired) electrons. The van der Waals surface area contributed by atoms with Crippen LogP contribution in [-0.2, 0) is 0 Å². The normalized spacial score (nSPS) is 14.8. The minimum atomic E-state index is -0.00480. The molecule has 21 heavy (non-hydrogen) atoms. The minimum absolute atomic E-state index is 0.00480. The Hall–Kier alpha value is -2.01. The largest absolute Gasteiger partial charge is 0.497 e. The zero-order chi connectivity index (χ0) is 15.4. The van der Waals surface area contributed by atoms with Crippen molar-refractivity contribution in [1.29, 1.82) is 0 Å². The van der Waals surface area contributed by atoms with Crippen molar-refractivity contribution in [3.05, 3.63) is 36.4 Å². The third-order valence-corrected chi connectivity index (χ3v) is 3.66. The average Bonchev–Trinajstić information content (AvgIpc) is 2.42. The second-order valence-corrected chi connectivity index (χ2v) is 5.29. The van der Waals surface area contributed by atoms with Crippen molar-refractivity contribution in [2.24, 2.45) is 0 Å². The third kappa shape index (κ3) is 3.36. The molecule has 1 aliphatic heterocycles. The van der Waals surface area contributed by atoms with E-state index in [4.69, 9.17) is 9.47 Å². The Morgan fingerprint density at radius 2 is 2.19 bits per heavy atom. The van der Waals surface area contributed by atoms with Crippen LogP contribution in [0.15, 0.2) is 30.9 Å². The molecule has 114 valence electrons. The molecule has 0 saturated carbocycles. The maximum atomic E-state index is 12.5. The van der Waals surface area contributed by atoms with Gasteiger partial charge < -0.3 is 19.3 Å². The zero-order valence-corrected chi connectivity index (χ0v) is 12.8. The van der Waals surface area contributed by atoms with E-state index in [1.807, 2.05) is 19.0 Å². The summed E-state index contributed by atoms with van der Waals surface area (Å²) >= 11 is 0. The van der Waals surface area contributed by atoms with Gasteiger partial charge in [-0.2, -0.15) is 0 Å². The maximum absolute atomic E-state index is 12.5. The summed E-state index contributed by atoms with van der Waals surface area (Å²) < 4.78 is 10.8. The first-order valence-electron chi connectivity index (χ1n) is 6.94. The van der Waals surface area contributed by atoms with Crippen LogP contribution in [0.2, 0.25) is 0 Å². The highest BCUT2D eigenvalue weighted by Crippen LogP contribution is 2.28. The number of likely N-dealkylation sites (tertiary alicyclic amines) is 1. The topological polar surface area (TPSA) is 42.0 Å². The lowest BCUT2D eigenvalue weighted by molar-refractivity contribution is 0.0396. The molecule has 1 amide bonds. The van der Waals surface area contributed by atoms with Gasteiger partial charge in [-0.1, -0.05) is 12.7 Å². The van der Waals surface area contributed by atoms with E-state index in [0.717, 1.165) is 13.1 Å². The van der Waals surface area contributed by atoms with Crippen molar-refractivity contribution >= 4 is 5.91 Å². The van der Waals surface area contributed by atoms with Crippen molar-refractivity contribution < 1.29 is 14.3 Å². The van der Waals surface area contributed by atoms with Gasteiger partial charge in [0.25, 0.3) is 5.91 Å². The van der Waals surface area contributed by atoms with E-state index in [9.17, 15) is 4.79 Å². The fourth-order valence-electron chi connectivity index (χ4n) is 2.19. The Balaban J connectivity index is 2.14. The summed E-state index contributed by atoms with van der Waals surface area (Å²) in [7, 11) is 5.64. The van der Waals surface area contributed by atoms with Crippen molar-refractivity contribution in [1.82, 2.24) is 9.80 Å². The predicted octanol–water partition coefficient (Wildman–Crippen LogP) is 1.65. The number of benzene rings is 1. The second kappa shape index (κ2) is 6.63. The number of carbonyl (C=O) groups is 1. The number of likely N-dealkylation sites (N-methyl/N-ethyl adjacent to an activating group) is 1. The molecule has 0 atom stereocenters. The van der Waals surface area contributed by atoms with Crippen LogP contribution in [0.3, 0.4) is 0 Å². The minimum Gasteiger partial charge on any atom is -0.497 e. The Morgan fingerprint density at radius 1 is 1.48 bits per heavy atom. The lowest BCUT2D eigenvalue weighted by Crippen LogP contribution is -2.59. The van der Waals surface area contributed by atoms with E-state index in [1.165, 1.54) is 0 Å². The molecule has 0 N–H and O–H groups in total. The Labute approximate surface area is 125 Å². The Bertz CT molecular complexity index is 522. The molecular weight excluding hydrogens is 268 g/mol. The van der Waals surface area contributed by atoms with E-state index in [0.29, 0.717) is 29.7 Å². The fraction of sp³-hybridized carbons (Fsp3) is 0.438. The number of rotatable bonds is 6. The molecule has 0 aromatic heterocycles. The average molecular weight is 290 g/mol. The molecule has 1 fully saturated rings. The molecule has 1 aromatic rings. The van der Waals surface area contributed by atoms with E-state index < -0.39 is 0 Å². The van der Waals surface area contributed by atoms with E-state index in [-0.39, 0.29) is 5.91 Å². The van der Waals surface area contributed by atoms with Crippen LogP contribution in [0.4, 0.5) is 0 Å². The number of methoxy groups -OCH3 is 1. The molecule has 0 spiro atoms. The highest BCUT2D eigenvalue weighted by Gasteiger charge is 2.33. The highest BCUT2D eigenvalue weighted by molar-refractivity contribution is 5.97. The van der Waals surface area contributed by atoms with Crippen molar-refractivity contribution in [2.45, 2.75) is 6.04 Å². The van der Waals surface area contributed by atoms with Crippen molar-refractivity contribution in [3.63, 3.8) is 0 Å². The smallest absolute Gasteiger partial charge is 0.257 e. The van der Waals surface area contributed by atoms with Gasteiger partial charge in [-0.25, -0.2) is 0 Å². The number of ether oxygens (including phenoxy) is 2. The first-order valence-corrected chi connectivity index (χ1v) is 6.94. The van der Waals surface area contributed by atoms with Gasteiger partial charge in [0.2, 0.25) is 0 Å². The van der Waals surface area contributed by atoms with Crippen LogP contribution in [0.1, 0.15) is 10.4 Å². The van der Waals surface area contributed by atoms with Gasteiger partial charge in [0.15, 0.2) is 0 Å². The number of nitrogens with zero attached hydrogens (tertiary/aromatic N) is 2. The van der Waals surface area contributed by atoms with E-state index in [1.54, 1.807) is 31.4 Å². The van der Waals surface area contributed by atoms with Gasteiger partial charge in [-0.15, -0.1) is 0 Å². The SMILES string of the molecule is C=CCOc1cc(OC)ccc1C(=O)N1CC(N(C)C)C1. The summed E-state index contributed by atoms with van der Waals surface area (Å²) in [5, 5.41) is 0. The summed E-state index contributed by atoms with van der Waals surface area (Å²) in [5.74, 6) is 1.20. The summed E-state index contributed by atoms with van der Waals surface area (Å²) in [6, 6.07) is 5.70. The molecule has 2 rings (SSSR count). The first kappa shape index (κ1) is 15.4. The lowest BCUT2D eigenvalue weighted by atomic mass is 10.0. The van der Waals surface area contributed by atoms with Crippen LogP contribution < -0.4 is 9.47 Å². The van der Waals surface area contributed by atoms with Crippen LogP contribution in [0, 0.1) is 0 Å². The summed E-state index contributed by atoms with van der Waals surface area (Å²) in [4.78, 5) is 16.5. The third-order valence-electron chi connectivity index (χ3n) is 3.66. The molecular formula is C16H22N2O3. The lowest BCUT2D eigenvalue weighted by Gasteiger charge is -2.42. The fourth-order valence-corrected chi connectivity index (χ4v) is 2.19. The van der Waals surface area contributed by atoms with Gasteiger partial charge in [0.1, 0.15) is 18.1 Å². The molecule has 1 aromatic carbocycles. The molecule has 0 bridgehead atoms. The van der Waals surface area contributed by atoms with Crippen molar-refractivity contribution in [3.8, 4) is 11.5 Å². The molecule has 5 heteroatoms. The highest BCUT2D eigenvalue weighted by atomic mass is 16.5. The number of carbonyl (C=O) groups excluding carboxylic acids is 1. The Morgan fingerprint density at radius 3 is 2.76 bits per heavy atom. The second-order valence-electron chi connectivity index (χ2n) is 5.29.